The maximum absolute atomic E-state index is 6.01. The van der Waals surface area contributed by atoms with E-state index in [0.29, 0.717) is 0 Å². The van der Waals surface area contributed by atoms with Crippen LogP contribution in [0.3, 0.4) is 0 Å². The molecule has 2 aromatic rings. The predicted octanol–water partition coefficient (Wildman–Crippen LogP) is 3.18. The summed E-state index contributed by atoms with van der Waals surface area (Å²) < 4.78 is 0. The monoisotopic (exact) mass is 219 g/mol. The first-order valence-corrected chi connectivity index (χ1v) is 4.92. The van der Waals surface area contributed by atoms with Gasteiger partial charge in [-0.25, -0.2) is 9.97 Å². The number of rotatable bonds is 2. The van der Waals surface area contributed by atoms with E-state index in [1.807, 2.05) is 25.1 Å². The van der Waals surface area contributed by atoms with Crippen LogP contribution in [0.2, 0.25) is 5.02 Å². The van der Waals surface area contributed by atoms with Crippen LogP contribution in [0, 0.1) is 6.92 Å². The molecule has 4 heteroatoms. The molecule has 1 heterocycles. The lowest BCUT2D eigenvalue weighted by atomic mass is 10.2. The van der Waals surface area contributed by atoms with Crippen molar-refractivity contribution in [2.75, 3.05) is 5.32 Å². The first-order valence-electron chi connectivity index (χ1n) is 4.54. The number of benzene rings is 1. The minimum absolute atomic E-state index is 0.747. The van der Waals surface area contributed by atoms with Crippen LogP contribution in [-0.4, -0.2) is 9.97 Å². The normalized spacial score (nSPS) is 10.0. The molecule has 1 aromatic carbocycles. The first-order chi connectivity index (χ1) is 7.27. The van der Waals surface area contributed by atoms with Gasteiger partial charge in [0.25, 0.3) is 0 Å². The summed E-state index contributed by atoms with van der Waals surface area (Å²) in [5.74, 6) is 0. The summed E-state index contributed by atoms with van der Waals surface area (Å²) >= 11 is 6.01. The minimum atomic E-state index is 0.747. The van der Waals surface area contributed by atoms with Crippen LogP contribution >= 0.6 is 11.6 Å². The second-order valence-corrected chi connectivity index (χ2v) is 3.57. The molecular weight excluding hydrogens is 210 g/mol. The Morgan fingerprint density at radius 1 is 1.20 bits per heavy atom. The zero-order valence-electron chi connectivity index (χ0n) is 8.24. The second kappa shape index (κ2) is 4.28. The molecular formula is C11H10ClN3. The topological polar surface area (TPSA) is 37.8 Å². The van der Waals surface area contributed by atoms with Gasteiger partial charge in [0.15, 0.2) is 0 Å². The molecule has 0 bridgehead atoms. The molecule has 0 aliphatic heterocycles. The summed E-state index contributed by atoms with van der Waals surface area (Å²) in [6, 6.07) is 5.74. The Kier molecular flexibility index (Phi) is 2.83. The average Bonchev–Trinajstić information content (AvgIpc) is 2.26. The zero-order chi connectivity index (χ0) is 10.7. The summed E-state index contributed by atoms with van der Waals surface area (Å²) in [5, 5.41) is 3.95. The van der Waals surface area contributed by atoms with Gasteiger partial charge in [0.2, 0.25) is 0 Å². The van der Waals surface area contributed by atoms with Crippen LogP contribution in [0.25, 0.3) is 0 Å². The Labute approximate surface area is 93.1 Å². The number of hydrogen-bond donors (Lipinski definition) is 1. The molecule has 2 rings (SSSR count). The third-order valence-corrected chi connectivity index (χ3v) is 2.52. The summed E-state index contributed by atoms with van der Waals surface area (Å²) in [4.78, 5) is 7.85. The van der Waals surface area contributed by atoms with Crippen molar-refractivity contribution in [1.29, 1.82) is 0 Å². The minimum Gasteiger partial charge on any atom is -0.353 e. The smallest absolute Gasteiger partial charge is 0.115 e. The molecule has 0 saturated heterocycles. The maximum atomic E-state index is 6.01. The molecule has 1 aromatic heterocycles. The van der Waals surface area contributed by atoms with Gasteiger partial charge in [0.1, 0.15) is 6.33 Å². The van der Waals surface area contributed by atoms with Gasteiger partial charge in [-0.3, -0.25) is 0 Å². The highest BCUT2D eigenvalue weighted by Gasteiger charge is 2.01. The molecule has 76 valence electrons. The summed E-state index contributed by atoms with van der Waals surface area (Å²) in [6.45, 7) is 1.97. The molecule has 0 radical (unpaired) electrons. The van der Waals surface area contributed by atoms with Crippen LogP contribution in [0.4, 0.5) is 11.4 Å². The SMILES string of the molecule is Cc1c(Cl)cccc1Nc1cncnc1. The largest absolute Gasteiger partial charge is 0.353 e. The van der Waals surface area contributed by atoms with Gasteiger partial charge in [-0.15, -0.1) is 0 Å². The highest BCUT2D eigenvalue weighted by Crippen LogP contribution is 2.25. The Bertz CT molecular complexity index is 457. The van der Waals surface area contributed by atoms with Crippen molar-refractivity contribution in [3.8, 4) is 0 Å². The molecule has 0 unspecified atom stereocenters. The van der Waals surface area contributed by atoms with Gasteiger partial charge >= 0.3 is 0 Å². The number of halogens is 1. The van der Waals surface area contributed by atoms with Crippen LogP contribution in [0.1, 0.15) is 5.56 Å². The van der Waals surface area contributed by atoms with Crippen LogP contribution in [0.15, 0.2) is 36.9 Å². The molecule has 0 amide bonds. The molecule has 0 atom stereocenters. The van der Waals surface area contributed by atoms with Crippen LogP contribution in [-0.2, 0) is 0 Å². The van der Waals surface area contributed by atoms with E-state index < -0.39 is 0 Å². The molecule has 0 spiro atoms. The first kappa shape index (κ1) is 9.93. The van der Waals surface area contributed by atoms with E-state index in [4.69, 9.17) is 11.6 Å². The summed E-state index contributed by atoms with van der Waals surface area (Å²) in [6.07, 6.45) is 4.93. The zero-order valence-corrected chi connectivity index (χ0v) is 8.99. The van der Waals surface area contributed by atoms with Gasteiger partial charge in [-0.2, -0.15) is 0 Å². The van der Waals surface area contributed by atoms with E-state index in [1.54, 1.807) is 12.4 Å². The van der Waals surface area contributed by atoms with E-state index in [1.165, 1.54) is 6.33 Å². The van der Waals surface area contributed by atoms with Crippen molar-refractivity contribution >= 4 is 23.0 Å². The lowest BCUT2D eigenvalue weighted by Gasteiger charge is -2.09. The van der Waals surface area contributed by atoms with Gasteiger partial charge in [-0.05, 0) is 24.6 Å². The molecule has 0 aliphatic carbocycles. The Balaban J connectivity index is 2.29. The van der Waals surface area contributed by atoms with Gasteiger partial charge < -0.3 is 5.32 Å². The van der Waals surface area contributed by atoms with E-state index in [-0.39, 0.29) is 0 Å². The summed E-state index contributed by atoms with van der Waals surface area (Å²) in [7, 11) is 0. The lowest BCUT2D eigenvalue weighted by Crippen LogP contribution is -1.94. The number of nitrogens with zero attached hydrogens (tertiary/aromatic N) is 2. The third-order valence-electron chi connectivity index (χ3n) is 2.11. The Morgan fingerprint density at radius 2 is 1.93 bits per heavy atom. The van der Waals surface area contributed by atoms with Gasteiger partial charge in [0, 0.05) is 10.7 Å². The second-order valence-electron chi connectivity index (χ2n) is 3.16. The predicted molar refractivity (Wildman–Crippen MR) is 61.5 cm³/mol. The summed E-state index contributed by atoms with van der Waals surface area (Å²) in [5.41, 5.74) is 2.84. The quantitative estimate of drug-likeness (QED) is 0.843. The molecule has 15 heavy (non-hydrogen) atoms. The van der Waals surface area contributed by atoms with Gasteiger partial charge in [-0.1, -0.05) is 17.7 Å². The highest BCUT2D eigenvalue weighted by molar-refractivity contribution is 6.31. The maximum Gasteiger partial charge on any atom is 0.115 e. The molecule has 0 saturated carbocycles. The lowest BCUT2D eigenvalue weighted by molar-refractivity contribution is 1.17. The number of nitrogens with one attached hydrogen (secondary N) is 1. The van der Waals surface area contributed by atoms with E-state index >= 15 is 0 Å². The molecule has 3 nitrogen and oxygen atoms in total. The van der Waals surface area contributed by atoms with Crippen molar-refractivity contribution in [1.82, 2.24) is 9.97 Å². The highest BCUT2D eigenvalue weighted by atomic mass is 35.5. The number of anilines is 2. The van der Waals surface area contributed by atoms with Crippen molar-refractivity contribution in [3.63, 3.8) is 0 Å². The number of hydrogen-bond acceptors (Lipinski definition) is 3. The van der Waals surface area contributed by atoms with Crippen LogP contribution in [0.5, 0.6) is 0 Å². The van der Waals surface area contributed by atoms with Crippen molar-refractivity contribution in [2.45, 2.75) is 6.92 Å². The fourth-order valence-electron chi connectivity index (χ4n) is 1.26. The standard InChI is InChI=1S/C11H10ClN3/c1-8-10(12)3-2-4-11(8)15-9-5-13-7-14-6-9/h2-7,15H,1H3. The fourth-order valence-corrected chi connectivity index (χ4v) is 1.44. The molecule has 0 aliphatic rings. The third kappa shape index (κ3) is 2.25. The van der Waals surface area contributed by atoms with Gasteiger partial charge in [0.05, 0.1) is 18.1 Å². The Hall–Kier alpha value is -1.61. The molecule has 0 fully saturated rings. The molecule has 1 N–H and O–H groups in total. The average molecular weight is 220 g/mol. The van der Waals surface area contributed by atoms with E-state index in [0.717, 1.165) is 22.0 Å². The van der Waals surface area contributed by atoms with E-state index in [9.17, 15) is 0 Å². The Morgan fingerprint density at radius 3 is 2.67 bits per heavy atom. The van der Waals surface area contributed by atoms with Crippen molar-refractivity contribution < 1.29 is 0 Å². The van der Waals surface area contributed by atoms with Crippen molar-refractivity contribution in [2.24, 2.45) is 0 Å². The fraction of sp³-hybridized carbons (Fsp3) is 0.0909. The number of aromatic nitrogens is 2. The van der Waals surface area contributed by atoms with Crippen LogP contribution < -0.4 is 5.32 Å². The van der Waals surface area contributed by atoms with Crippen molar-refractivity contribution in [3.05, 3.63) is 47.5 Å². The van der Waals surface area contributed by atoms with E-state index in [2.05, 4.69) is 15.3 Å².